The van der Waals surface area contributed by atoms with Gasteiger partial charge in [-0.1, -0.05) is 11.6 Å². The molecule has 0 N–H and O–H groups in total. The molecule has 26 heavy (non-hydrogen) atoms. The van der Waals surface area contributed by atoms with Crippen LogP contribution in [-0.2, 0) is 0 Å². The molecule has 0 bridgehead atoms. The number of nitrogens with zero attached hydrogens (tertiary/aromatic N) is 3. The lowest BCUT2D eigenvalue weighted by Crippen LogP contribution is -2.36. The molecule has 2 aromatic heterocycles. The number of furan rings is 1. The number of halogens is 1. The van der Waals surface area contributed by atoms with Gasteiger partial charge >= 0.3 is 0 Å². The predicted octanol–water partition coefficient (Wildman–Crippen LogP) is 4.66. The summed E-state index contributed by atoms with van der Waals surface area (Å²) in [5.74, 6) is 1.18. The highest BCUT2D eigenvalue weighted by Crippen LogP contribution is 2.35. The Morgan fingerprint density at radius 1 is 1.31 bits per heavy atom. The number of rotatable bonds is 5. The molecule has 1 aliphatic rings. The van der Waals surface area contributed by atoms with Gasteiger partial charge in [0.05, 0.1) is 12.0 Å². The van der Waals surface area contributed by atoms with Crippen molar-refractivity contribution < 1.29 is 9.21 Å². The molecule has 5 nitrogen and oxygen atoms in total. The zero-order valence-corrected chi connectivity index (χ0v) is 15.5. The maximum Gasteiger partial charge on any atom is 0.274 e. The van der Waals surface area contributed by atoms with E-state index in [0.717, 1.165) is 11.4 Å². The van der Waals surface area contributed by atoms with E-state index in [1.165, 1.54) is 12.8 Å². The number of carbonyl (C=O) groups is 1. The number of hydrogen-bond donors (Lipinski definition) is 0. The highest BCUT2D eigenvalue weighted by atomic mass is 35.5. The van der Waals surface area contributed by atoms with Crippen LogP contribution in [-0.4, -0.2) is 33.7 Å². The predicted molar refractivity (Wildman–Crippen MR) is 101 cm³/mol. The first kappa shape index (κ1) is 16.9. The topological polar surface area (TPSA) is 51.3 Å². The van der Waals surface area contributed by atoms with Gasteiger partial charge in [-0.2, -0.15) is 5.10 Å². The summed E-state index contributed by atoms with van der Waals surface area (Å²) in [6.45, 7) is 2.10. The van der Waals surface area contributed by atoms with Gasteiger partial charge in [0.2, 0.25) is 0 Å². The van der Waals surface area contributed by atoms with Crippen LogP contribution < -0.4 is 0 Å². The lowest BCUT2D eigenvalue weighted by atomic mass is 10.2. The molecule has 3 aromatic rings. The molecule has 1 aliphatic carbocycles. The van der Waals surface area contributed by atoms with Crippen molar-refractivity contribution in [3.8, 4) is 17.1 Å². The quantitative estimate of drug-likeness (QED) is 0.657. The molecule has 2 heterocycles. The molecular formula is C20H20ClN3O2. The van der Waals surface area contributed by atoms with Crippen LogP contribution in [0.4, 0.5) is 0 Å². The standard InChI is InChI=1S/C20H20ClN3O2/c1-13(14-5-6-14)23(2)20(25)17-12-18(19-4-3-11-26-19)24(22-17)16-9-7-15(21)8-10-16/h3-4,7-14H,5-6H2,1-2H3/t13-/m1/s1. The zero-order valence-electron chi connectivity index (χ0n) is 14.7. The van der Waals surface area contributed by atoms with Gasteiger partial charge in [-0.25, -0.2) is 4.68 Å². The van der Waals surface area contributed by atoms with Gasteiger partial charge in [0.25, 0.3) is 5.91 Å². The van der Waals surface area contributed by atoms with Crippen LogP contribution in [0.25, 0.3) is 17.1 Å². The van der Waals surface area contributed by atoms with Crippen LogP contribution in [0.3, 0.4) is 0 Å². The lowest BCUT2D eigenvalue weighted by molar-refractivity contribution is 0.0721. The Labute approximate surface area is 157 Å². The molecule has 1 aromatic carbocycles. The van der Waals surface area contributed by atoms with E-state index >= 15 is 0 Å². The van der Waals surface area contributed by atoms with Crippen LogP contribution in [0.5, 0.6) is 0 Å². The number of amides is 1. The van der Waals surface area contributed by atoms with Gasteiger partial charge in [0, 0.05) is 24.2 Å². The first-order chi connectivity index (χ1) is 12.5. The van der Waals surface area contributed by atoms with Crippen LogP contribution in [0, 0.1) is 5.92 Å². The van der Waals surface area contributed by atoms with E-state index in [9.17, 15) is 4.79 Å². The lowest BCUT2D eigenvalue weighted by Gasteiger charge is -2.23. The van der Waals surface area contributed by atoms with Crippen molar-refractivity contribution in [3.63, 3.8) is 0 Å². The molecule has 4 rings (SSSR count). The molecule has 0 radical (unpaired) electrons. The second kappa shape index (κ2) is 6.65. The van der Waals surface area contributed by atoms with Crippen LogP contribution >= 0.6 is 11.6 Å². The van der Waals surface area contributed by atoms with Gasteiger partial charge in [-0.05, 0) is 62.1 Å². The molecule has 6 heteroatoms. The smallest absolute Gasteiger partial charge is 0.274 e. The van der Waals surface area contributed by atoms with Crippen molar-refractivity contribution in [1.29, 1.82) is 0 Å². The first-order valence-electron chi connectivity index (χ1n) is 8.71. The molecule has 0 spiro atoms. The monoisotopic (exact) mass is 369 g/mol. The highest BCUT2D eigenvalue weighted by molar-refractivity contribution is 6.30. The molecule has 1 saturated carbocycles. The molecule has 0 saturated heterocycles. The third-order valence-electron chi connectivity index (χ3n) is 5.01. The van der Waals surface area contributed by atoms with Crippen LogP contribution in [0.1, 0.15) is 30.3 Å². The Morgan fingerprint density at radius 3 is 2.65 bits per heavy atom. The summed E-state index contributed by atoms with van der Waals surface area (Å²) in [6, 6.07) is 13.0. The average molecular weight is 370 g/mol. The van der Waals surface area contributed by atoms with E-state index in [1.54, 1.807) is 34.0 Å². The molecular weight excluding hydrogens is 350 g/mol. The number of hydrogen-bond acceptors (Lipinski definition) is 3. The van der Waals surface area contributed by atoms with E-state index in [4.69, 9.17) is 16.0 Å². The number of benzene rings is 1. The largest absolute Gasteiger partial charge is 0.463 e. The average Bonchev–Trinajstić information content (AvgIpc) is 3.18. The van der Waals surface area contributed by atoms with Gasteiger partial charge in [0.1, 0.15) is 5.69 Å². The summed E-state index contributed by atoms with van der Waals surface area (Å²) in [5.41, 5.74) is 1.95. The Hall–Kier alpha value is -2.53. The fourth-order valence-electron chi connectivity index (χ4n) is 3.13. The third kappa shape index (κ3) is 3.15. The highest BCUT2D eigenvalue weighted by Gasteiger charge is 2.33. The van der Waals surface area contributed by atoms with Crippen molar-refractivity contribution in [3.05, 3.63) is 59.4 Å². The fraction of sp³-hybridized carbons (Fsp3) is 0.300. The van der Waals surface area contributed by atoms with E-state index in [-0.39, 0.29) is 11.9 Å². The van der Waals surface area contributed by atoms with Crippen LogP contribution in [0.15, 0.2) is 53.1 Å². The molecule has 1 fully saturated rings. The van der Waals surface area contributed by atoms with E-state index in [1.807, 2.05) is 31.3 Å². The molecule has 1 amide bonds. The van der Waals surface area contributed by atoms with Crippen molar-refractivity contribution in [1.82, 2.24) is 14.7 Å². The second-order valence-corrected chi connectivity index (χ2v) is 7.21. The van der Waals surface area contributed by atoms with Gasteiger partial charge in [-0.3, -0.25) is 4.79 Å². The Morgan fingerprint density at radius 2 is 2.04 bits per heavy atom. The molecule has 1 atom stereocenters. The fourth-order valence-corrected chi connectivity index (χ4v) is 3.25. The SMILES string of the molecule is C[C@H](C1CC1)N(C)C(=O)c1cc(-c2ccco2)n(-c2ccc(Cl)cc2)n1. The minimum atomic E-state index is -0.0788. The van der Waals surface area contributed by atoms with Gasteiger partial charge < -0.3 is 9.32 Å². The molecule has 134 valence electrons. The van der Waals surface area contributed by atoms with Crippen molar-refractivity contribution in [2.24, 2.45) is 5.92 Å². The molecule has 0 unspecified atom stereocenters. The summed E-state index contributed by atoms with van der Waals surface area (Å²) < 4.78 is 7.26. The van der Waals surface area contributed by atoms with Gasteiger partial charge in [-0.15, -0.1) is 0 Å². The second-order valence-electron chi connectivity index (χ2n) is 6.77. The maximum atomic E-state index is 12.9. The summed E-state index contributed by atoms with van der Waals surface area (Å²) in [6.07, 6.45) is 3.99. The summed E-state index contributed by atoms with van der Waals surface area (Å²) >= 11 is 6.00. The minimum Gasteiger partial charge on any atom is -0.463 e. The maximum absolute atomic E-state index is 12.9. The summed E-state index contributed by atoms with van der Waals surface area (Å²) in [7, 11) is 1.85. The normalized spacial score (nSPS) is 15.0. The zero-order chi connectivity index (χ0) is 18.3. The van der Waals surface area contributed by atoms with Crippen LogP contribution in [0.2, 0.25) is 5.02 Å². The minimum absolute atomic E-state index is 0.0788. The van der Waals surface area contributed by atoms with E-state index < -0.39 is 0 Å². The summed E-state index contributed by atoms with van der Waals surface area (Å²) in [4.78, 5) is 14.7. The van der Waals surface area contributed by atoms with Crippen molar-refractivity contribution in [2.75, 3.05) is 7.05 Å². The number of carbonyl (C=O) groups excluding carboxylic acids is 1. The Bertz CT molecular complexity index is 911. The van der Waals surface area contributed by atoms with Gasteiger partial charge in [0.15, 0.2) is 11.5 Å². The van der Waals surface area contributed by atoms with E-state index in [2.05, 4.69) is 12.0 Å². The van der Waals surface area contributed by atoms with Crippen molar-refractivity contribution >= 4 is 17.5 Å². The summed E-state index contributed by atoms with van der Waals surface area (Å²) in [5, 5.41) is 5.22. The third-order valence-corrected chi connectivity index (χ3v) is 5.26. The number of aromatic nitrogens is 2. The molecule has 0 aliphatic heterocycles. The Kier molecular flexibility index (Phi) is 4.32. The van der Waals surface area contributed by atoms with E-state index in [0.29, 0.717) is 22.4 Å². The van der Waals surface area contributed by atoms with Crippen molar-refractivity contribution in [2.45, 2.75) is 25.8 Å². The first-order valence-corrected chi connectivity index (χ1v) is 9.09. The Balaban J connectivity index is 1.73.